The van der Waals surface area contributed by atoms with Crippen LogP contribution in [0.2, 0.25) is 0 Å². The van der Waals surface area contributed by atoms with Crippen LogP contribution in [-0.2, 0) is 16.8 Å². The van der Waals surface area contributed by atoms with Crippen molar-refractivity contribution in [2.45, 2.75) is 32.9 Å². The van der Waals surface area contributed by atoms with Crippen molar-refractivity contribution in [3.05, 3.63) is 39.9 Å². The Bertz CT molecular complexity index is 634. The molecule has 1 aliphatic rings. The van der Waals surface area contributed by atoms with Crippen molar-refractivity contribution >= 4 is 15.9 Å². The molecule has 21 heavy (non-hydrogen) atoms. The van der Waals surface area contributed by atoms with Gasteiger partial charge in [0.25, 0.3) is 15.9 Å². The zero-order chi connectivity index (χ0) is 15.8. The maximum absolute atomic E-state index is 12.5. The smallest absolute Gasteiger partial charge is 0.258 e. The van der Waals surface area contributed by atoms with Crippen molar-refractivity contribution in [3.63, 3.8) is 0 Å². The van der Waals surface area contributed by atoms with Gasteiger partial charge in [-0.2, -0.15) is 17.0 Å². The van der Waals surface area contributed by atoms with Crippen molar-refractivity contribution < 1.29 is 13.3 Å². The fourth-order valence-electron chi connectivity index (χ4n) is 2.34. The summed E-state index contributed by atoms with van der Waals surface area (Å²) in [6.45, 7) is 6.70. The summed E-state index contributed by atoms with van der Waals surface area (Å²) < 4.78 is 27.8. The van der Waals surface area contributed by atoms with E-state index in [1.807, 2.05) is 20.8 Å². The largest absolute Gasteiger partial charge is 0.282 e. The summed E-state index contributed by atoms with van der Waals surface area (Å²) >= 11 is 0. The summed E-state index contributed by atoms with van der Waals surface area (Å²) in [5.74, 6) is 0. The van der Waals surface area contributed by atoms with Crippen LogP contribution in [-0.4, -0.2) is 40.6 Å². The van der Waals surface area contributed by atoms with Crippen LogP contribution in [0.15, 0.2) is 24.3 Å². The Balaban J connectivity index is 2.16. The number of hydrogen-bond donors (Lipinski definition) is 0. The lowest BCUT2D eigenvalue weighted by molar-refractivity contribution is -0.384. The van der Waals surface area contributed by atoms with E-state index in [0.29, 0.717) is 13.1 Å². The number of nitro benzene ring substituents is 1. The SMILES string of the molecule is CC(C)(C)N1CCN(Cc2ccc([N+](=O)[O-])cc2)S1(=O)=O. The van der Waals surface area contributed by atoms with E-state index >= 15 is 0 Å². The first-order valence-electron chi connectivity index (χ1n) is 6.63. The summed E-state index contributed by atoms with van der Waals surface area (Å²) in [7, 11) is -3.48. The minimum Gasteiger partial charge on any atom is -0.258 e. The molecule has 0 radical (unpaired) electrons. The monoisotopic (exact) mass is 313 g/mol. The van der Waals surface area contributed by atoms with Gasteiger partial charge < -0.3 is 0 Å². The zero-order valence-electron chi connectivity index (χ0n) is 12.3. The third-order valence-electron chi connectivity index (χ3n) is 3.41. The first kappa shape index (κ1) is 15.9. The summed E-state index contributed by atoms with van der Waals surface area (Å²) in [4.78, 5) is 10.1. The predicted octanol–water partition coefficient (Wildman–Crippen LogP) is 1.76. The summed E-state index contributed by atoms with van der Waals surface area (Å²) in [5, 5.41) is 10.6. The molecule has 0 amide bonds. The van der Waals surface area contributed by atoms with Gasteiger partial charge in [0.05, 0.1) is 4.92 Å². The molecule has 1 aliphatic heterocycles. The van der Waals surface area contributed by atoms with Gasteiger partial charge in [-0.05, 0) is 26.3 Å². The standard InChI is InChI=1S/C13H19N3O4S/c1-13(2,3)15-9-8-14(21(15,19)20)10-11-4-6-12(7-5-11)16(17)18/h4-7H,8-10H2,1-3H3. The van der Waals surface area contributed by atoms with Gasteiger partial charge in [0.1, 0.15) is 0 Å². The highest BCUT2D eigenvalue weighted by atomic mass is 32.2. The van der Waals surface area contributed by atoms with E-state index in [9.17, 15) is 18.5 Å². The van der Waals surface area contributed by atoms with Crippen LogP contribution < -0.4 is 0 Å². The molecule has 0 aromatic heterocycles. The summed E-state index contributed by atoms with van der Waals surface area (Å²) in [6, 6.07) is 5.96. The summed E-state index contributed by atoms with van der Waals surface area (Å²) in [6.07, 6.45) is 0. The molecule has 0 atom stereocenters. The molecule has 2 rings (SSSR count). The van der Waals surface area contributed by atoms with E-state index in [1.54, 1.807) is 12.1 Å². The quantitative estimate of drug-likeness (QED) is 0.628. The molecule has 116 valence electrons. The Morgan fingerprint density at radius 2 is 1.76 bits per heavy atom. The highest BCUT2D eigenvalue weighted by molar-refractivity contribution is 7.87. The minimum absolute atomic E-state index is 0.000605. The van der Waals surface area contributed by atoms with Gasteiger partial charge in [-0.25, -0.2) is 0 Å². The average Bonchev–Trinajstić information content (AvgIpc) is 2.65. The molecular weight excluding hydrogens is 294 g/mol. The molecule has 0 unspecified atom stereocenters. The maximum Gasteiger partial charge on any atom is 0.282 e. The van der Waals surface area contributed by atoms with E-state index in [2.05, 4.69) is 0 Å². The number of rotatable bonds is 3. The Morgan fingerprint density at radius 1 is 1.19 bits per heavy atom. The molecule has 1 aromatic rings. The van der Waals surface area contributed by atoms with Crippen molar-refractivity contribution in [1.82, 2.24) is 8.61 Å². The van der Waals surface area contributed by atoms with E-state index in [0.717, 1.165) is 5.56 Å². The van der Waals surface area contributed by atoms with E-state index in [-0.39, 0.29) is 12.2 Å². The third kappa shape index (κ3) is 3.22. The highest BCUT2D eigenvalue weighted by Crippen LogP contribution is 2.27. The van der Waals surface area contributed by atoms with Gasteiger partial charge in [-0.1, -0.05) is 12.1 Å². The molecule has 1 fully saturated rings. The molecule has 0 N–H and O–H groups in total. The molecule has 0 spiro atoms. The lowest BCUT2D eigenvalue weighted by Crippen LogP contribution is -2.44. The fourth-order valence-corrected chi connectivity index (χ4v) is 4.25. The molecule has 0 saturated carbocycles. The Hall–Kier alpha value is -1.51. The van der Waals surface area contributed by atoms with Crippen molar-refractivity contribution in [2.24, 2.45) is 0 Å². The van der Waals surface area contributed by atoms with E-state index in [1.165, 1.54) is 20.7 Å². The molecule has 1 heterocycles. The third-order valence-corrected chi connectivity index (χ3v) is 5.66. The lowest BCUT2D eigenvalue weighted by Gasteiger charge is -2.30. The van der Waals surface area contributed by atoms with Crippen LogP contribution in [0.3, 0.4) is 0 Å². The fraction of sp³-hybridized carbons (Fsp3) is 0.538. The highest BCUT2D eigenvalue weighted by Gasteiger charge is 2.42. The maximum atomic E-state index is 12.5. The van der Waals surface area contributed by atoms with Crippen LogP contribution in [0.25, 0.3) is 0 Å². The van der Waals surface area contributed by atoms with Crippen molar-refractivity contribution in [2.75, 3.05) is 13.1 Å². The normalized spacial score (nSPS) is 19.8. The minimum atomic E-state index is -3.48. The van der Waals surface area contributed by atoms with Crippen LogP contribution in [0.5, 0.6) is 0 Å². The average molecular weight is 313 g/mol. The Kier molecular flexibility index (Phi) is 4.05. The van der Waals surface area contributed by atoms with E-state index in [4.69, 9.17) is 0 Å². The van der Waals surface area contributed by atoms with Gasteiger partial charge in [-0.3, -0.25) is 10.1 Å². The van der Waals surface area contributed by atoms with Gasteiger partial charge in [0, 0.05) is 37.3 Å². The Morgan fingerprint density at radius 3 is 2.19 bits per heavy atom. The van der Waals surface area contributed by atoms with Gasteiger partial charge in [0.15, 0.2) is 0 Å². The first-order valence-corrected chi connectivity index (χ1v) is 8.03. The Labute approximate surface area is 124 Å². The summed E-state index contributed by atoms with van der Waals surface area (Å²) in [5.41, 5.74) is 0.280. The topological polar surface area (TPSA) is 83.8 Å². The second kappa shape index (κ2) is 5.36. The molecule has 0 aliphatic carbocycles. The number of non-ortho nitro benzene ring substituents is 1. The molecular formula is C13H19N3O4S. The predicted molar refractivity (Wildman–Crippen MR) is 78.9 cm³/mol. The van der Waals surface area contributed by atoms with Gasteiger partial charge in [-0.15, -0.1) is 0 Å². The number of hydrogen-bond acceptors (Lipinski definition) is 4. The zero-order valence-corrected chi connectivity index (χ0v) is 13.1. The van der Waals surface area contributed by atoms with Gasteiger partial charge in [0.2, 0.25) is 0 Å². The van der Waals surface area contributed by atoms with Crippen LogP contribution in [0.1, 0.15) is 26.3 Å². The van der Waals surface area contributed by atoms with Crippen LogP contribution >= 0.6 is 0 Å². The second-order valence-corrected chi connectivity index (χ2v) is 7.86. The van der Waals surface area contributed by atoms with Crippen molar-refractivity contribution in [1.29, 1.82) is 0 Å². The van der Waals surface area contributed by atoms with Crippen LogP contribution in [0, 0.1) is 10.1 Å². The van der Waals surface area contributed by atoms with E-state index < -0.39 is 20.7 Å². The molecule has 8 heteroatoms. The number of nitrogens with zero attached hydrogens (tertiary/aromatic N) is 3. The lowest BCUT2D eigenvalue weighted by atomic mass is 10.1. The molecule has 1 saturated heterocycles. The molecule has 0 bridgehead atoms. The number of benzene rings is 1. The first-order chi connectivity index (χ1) is 9.62. The number of nitro groups is 1. The molecule has 7 nitrogen and oxygen atoms in total. The molecule has 1 aromatic carbocycles. The van der Waals surface area contributed by atoms with Crippen LogP contribution in [0.4, 0.5) is 5.69 Å². The second-order valence-electron chi connectivity index (χ2n) is 6.01. The van der Waals surface area contributed by atoms with Crippen molar-refractivity contribution in [3.8, 4) is 0 Å². The van der Waals surface area contributed by atoms with Gasteiger partial charge >= 0.3 is 0 Å².